The molecule has 20 heavy (non-hydrogen) atoms. The highest BCUT2D eigenvalue weighted by Crippen LogP contribution is 2.30. The number of anilines is 1. The Kier molecular flexibility index (Phi) is 3.33. The highest BCUT2D eigenvalue weighted by molar-refractivity contribution is 6.31. The second kappa shape index (κ2) is 5.14. The summed E-state index contributed by atoms with van der Waals surface area (Å²) < 4.78 is 0. The number of pyridine rings is 1. The largest absolute Gasteiger partial charge is 0.378 e. The van der Waals surface area contributed by atoms with Gasteiger partial charge in [0, 0.05) is 36.4 Å². The second-order valence-corrected chi connectivity index (χ2v) is 5.40. The lowest BCUT2D eigenvalue weighted by atomic mass is 10.0. The summed E-state index contributed by atoms with van der Waals surface area (Å²) in [5.41, 5.74) is 4.48. The van der Waals surface area contributed by atoms with Crippen molar-refractivity contribution >= 4 is 28.2 Å². The van der Waals surface area contributed by atoms with Crippen molar-refractivity contribution in [1.82, 2.24) is 4.98 Å². The zero-order valence-electron chi connectivity index (χ0n) is 11.5. The van der Waals surface area contributed by atoms with Crippen molar-refractivity contribution in [2.45, 2.75) is 0 Å². The summed E-state index contributed by atoms with van der Waals surface area (Å²) in [6, 6.07) is 16.4. The zero-order valence-corrected chi connectivity index (χ0v) is 12.2. The Bertz CT molecular complexity index is 749. The lowest BCUT2D eigenvalue weighted by Gasteiger charge is -2.13. The minimum atomic E-state index is 0.713. The van der Waals surface area contributed by atoms with E-state index >= 15 is 0 Å². The third-order valence-electron chi connectivity index (χ3n) is 3.40. The third-order valence-corrected chi connectivity index (χ3v) is 3.63. The molecule has 0 aliphatic carbocycles. The second-order valence-electron chi connectivity index (χ2n) is 4.96. The fourth-order valence-corrected chi connectivity index (χ4v) is 2.48. The van der Waals surface area contributed by atoms with E-state index in [1.165, 1.54) is 16.8 Å². The number of halogens is 1. The van der Waals surface area contributed by atoms with Gasteiger partial charge in [0.15, 0.2) is 0 Å². The van der Waals surface area contributed by atoms with E-state index in [2.05, 4.69) is 34.1 Å². The van der Waals surface area contributed by atoms with Crippen LogP contribution >= 0.6 is 11.6 Å². The molecule has 1 aromatic heterocycles. The molecule has 0 aliphatic heterocycles. The highest BCUT2D eigenvalue weighted by Gasteiger charge is 2.05. The predicted molar refractivity (Wildman–Crippen MR) is 86.5 cm³/mol. The van der Waals surface area contributed by atoms with Crippen LogP contribution in [0.5, 0.6) is 0 Å². The van der Waals surface area contributed by atoms with Crippen molar-refractivity contribution in [3.63, 3.8) is 0 Å². The van der Waals surface area contributed by atoms with E-state index in [9.17, 15) is 0 Å². The van der Waals surface area contributed by atoms with Crippen LogP contribution in [-0.2, 0) is 0 Å². The minimum Gasteiger partial charge on any atom is -0.378 e. The maximum atomic E-state index is 6.03. The van der Waals surface area contributed by atoms with Crippen LogP contribution < -0.4 is 4.90 Å². The number of rotatable bonds is 2. The van der Waals surface area contributed by atoms with Crippen LogP contribution in [0.4, 0.5) is 5.69 Å². The molecule has 0 amide bonds. The first-order valence-corrected chi connectivity index (χ1v) is 6.85. The van der Waals surface area contributed by atoms with Crippen molar-refractivity contribution in [3.8, 4) is 11.1 Å². The predicted octanol–water partition coefficient (Wildman–Crippen LogP) is 4.62. The Hall–Kier alpha value is -2.06. The van der Waals surface area contributed by atoms with E-state index in [4.69, 9.17) is 11.6 Å². The maximum Gasteiger partial charge on any atom is 0.0723 e. The monoisotopic (exact) mass is 282 g/mol. The Morgan fingerprint density at radius 1 is 0.950 bits per heavy atom. The molecule has 0 N–H and O–H groups in total. The molecule has 0 spiro atoms. The number of benzene rings is 2. The molecule has 3 rings (SSSR count). The van der Waals surface area contributed by atoms with Crippen molar-refractivity contribution in [2.75, 3.05) is 19.0 Å². The number of hydrogen-bond acceptors (Lipinski definition) is 2. The molecule has 0 bridgehead atoms. The molecule has 0 fully saturated rings. The molecule has 2 aromatic carbocycles. The van der Waals surface area contributed by atoms with Crippen LogP contribution in [0, 0.1) is 0 Å². The van der Waals surface area contributed by atoms with Gasteiger partial charge in [-0.15, -0.1) is 0 Å². The van der Waals surface area contributed by atoms with E-state index in [-0.39, 0.29) is 0 Å². The number of aromatic nitrogens is 1. The fourth-order valence-electron chi connectivity index (χ4n) is 2.31. The SMILES string of the molecule is CN(C)c1ccc(-c2ccnc3cc(Cl)ccc23)cc1. The summed E-state index contributed by atoms with van der Waals surface area (Å²) in [6.45, 7) is 0. The number of fused-ring (bicyclic) bond motifs is 1. The van der Waals surface area contributed by atoms with Crippen molar-refractivity contribution in [1.29, 1.82) is 0 Å². The Labute approximate surface area is 123 Å². The molecule has 0 saturated heterocycles. The summed E-state index contributed by atoms with van der Waals surface area (Å²) in [5.74, 6) is 0. The van der Waals surface area contributed by atoms with Gasteiger partial charge in [0.25, 0.3) is 0 Å². The van der Waals surface area contributed by atoms with E-state index in [0.29, 0.717) is 5.02 Å². The summed E-state index contributed by atoms with van der Waals surface area (Å²) in [4.78, 5) is 6.47. The third kappa shape index (κ3) is 2.35. The van der Waals surface area contributed by atoms with Crippen LogP contribution in [-0.4, -0.2) is 19.1 Å². The van der Waals surface area contributed by atoms with Gasteiger partial charge in [0.05, 0.1) is 5.52 Å². The first-order chi connectivity index (χ1) is 9.65. The lowest BCUT2D eigenvalue weighted by molar-refractivity contribution is 1.13. The molecule has 3 heteroatoms. The van der Waals surface area contributed by atoms with Gasteiger partial charge < -0.3 is 4.90 Å². The van der Waals surface area contributed by atoms with Crippen LogP contribution in [0.1, 0.15) is 0 Å². The average molecular weight is 283 g/mol. The molecular formula is C17H15ClN2. The minimum absolute atomic E-state index is 0.713. The van der Waals surface area contributed by atoms with Gasteiger partial charge in [0.2, 0.25) is 0 Å². The lowest BCUT2D eigenvalue weighted by Crippen LogP contribution is -2.07. The summed E-state index contributed by atoms with van der Waals surface area (Å²) in [5, 5.41) is 1.83. The van der Waals surface area contributed by atoms with Crippen molar-refractivity contribution in [2.24, 2.45) is 0 Å². The standard InChI is InChI=1S/C17H15ClN2/c1-20(2)14-6-3-12(4-7-14)15-9-10-19-17-11-13(18)5-8-16(15)17/h3-11H,1-2H3. The molecule has 1 heterocycles. The topological polar surface area (TPSA) is 16.1 Å². The van der Waals surface area contributed by atoms with E-state index in [1.54, 1.807) is 0 Å². The Morgan fingerprint density at radius 2 is 1.70 bits per heavy atom. The van der Waals surface area contributed by atoms with Crippen LogP contribution in [0.2, 0.25) is 5.02 Å². The molecule has 0 radical (unpaired) electrons. The van der Waals surface area contributed by atoms with Gasteiger partial charge in [-0.3, -0.25) is 4.98 Å². The molecule has 2 nitrogen and oxygen atoms in total. The van der Waals surface area contributed by atoms with E-state index in [0.717, 1.165) is 10.9 Å². The Balaban J connectivity index is 2.14. The van der Waals surface area contributed by atoms with Gasteiger partial charge in [-0.05, 0) is 41.5 Å². The summed E-state index contributed by atoms with van der Waals surface area (Å²) >= 11 is 6.03. The molecule has 3 aromatic rings. The molecule has 0 unspecified atom stereocenters. The van der Waals surface area contributed by atoms with Crippen LogP contribution in [0.25, 0.3) is 22.0 Å². The zero-order chi connectivity index (χ0) is 14.1. The summed E-state index contributed by atoms with van der Waals surface area (Å²) in [7, 11) is 4.08. The van der Waals surface area contributed by atoms with Gasteiger partial charge >= 0.3 is 0 Å². The van der Waals surface area contributed by atoms with Gasteiger partial charge in [0.1, 0.15) is 0 Å². The Morgan fingerprint density at radius 3 is 2.40 bits per heavy atom. The number of nitrogens with zero attached hydrogens (tertiary/aromatic N) is 2. The summed E-state index contributed by atoms with van der Waals surface area (Å²) in [6.07, 6.45) is 1.83. The first kappa shape index (κ1) is 12.9. The van der Waals surface area contributed by atoms with E-state index in [1.807, 2.05) is 44.6 Å². The molecular weight excluding hydrogens is 268 g/mol. The molecule has 100 valence electrons. The van der Waals surface area contributed by atoms with Crippen LogP contribution in [0.3, 0.4) is 0 Å². The van der Waals surface area contributed by atoms with Crippen LogP contribution in [0.15, 0.2) is 54.7 Å². The van der Waals surface area contributed by atoms with Gasteiger partial charge in [-0.25, -0.2) is 0 Å². The molecule has 0 atom stereocenters. The molecule has 0 saturated carbocycles. The maximum absolute atomic E-state index is 6.03. The first-order valence-electron chi connectivity index (χ1n) is 6.47. The average Bonchev–Trinajstić information content (AvgIpc) is 2.46. The van der Waals surface area contributed by atoms with Crippen molar-refractivity contribution in [3.05, 3.63) is 59.8 Å². The van der Waals surface area contributed by atoms with Gasteiger partial charge in [-0.1, -0.05) is 29.8 Å². The highest BCUT2D eigenvalue weighted by atomic mass is 35.5. The normalized spacial score (nSPS) is 10.8. The van der Waals surface area contributed by atoms with E-state index < -0.39 is 0 Å². The quantitative estimate of drug-likeness (QED) is 0.682. The molecule has 0 aliphatic rings. The number of hydrogen-bond donors (Lipinski definition) is 0. The fraction of sp³-hybridized carbons (Fsp3) is 0.118. The van der Waals surface area contributed by atoms with Gasteiger partial charge in [-0.2, -0.15) is 0 Å². The smallest absolute Gasteiger partial charge is 0.0723 e. The van der Waals surface area contributed by atoms with Crippen molar-refractivity contribution < 1.29 is 0 Å².